The summed E-state index contributed by atoms with van der Waals surface area (Å²) in [5.74, 6) is -3.95. The van der Waals surface area contributed by atoms with Crippen LogP contribution in [0.2, 0.25) is 15.1 Å². The fourth-order valence-electron chi connectivity index (χ4n) is 20.3. The second-order valence-electron chi connectivity index (χ2n) is 38.3. The van der Waals surface area contributed by atoms with Crippen molar-refractivity contribution < 1.29 is 89.8 Å². The molecule has 0 aromatic heterocycles. The maximum atomic E-state index is 15.1. The minimum absolute atomic E-state index is 0.0154. The van der Waals surface area contributed by atoms with Gasteiger partial charge in [-0.25, -0.2) is 0 Å². The van der Waals surface area contributed by atoms with Gasteiger partial charge in [-0.3, -0.25) is 0 Å². The maximum absolute atomic E-state index is 15.1. The van der Waals surface area contributed by atoms with E-state index in [4.69, 9.17) is 65.4 Å². The fourth-order valence-corrected chi connectivity index (χ4v) is 36.6. The van der Waals surface area contributed by atoms with E-state index in [9.17, 15) is 36.2 Å². The van der Waals surface area contributed by atoms with Gasteiger partial charge in [0.1, 0.15) is 6.10 Å². The summed E-state index contributed by atoms with van der Waals surface area (Å²) in [6.45, 7) is 30.2. The molecule has 0 amide bonds. The second kappa shape index (κ2) is 47.1. The van der Waals surface area contributed by atoms with Crippen LogP contribution in [0.15, 0.2) is 258 Å². The Morgan fingerprint density at radius 3 is 1.16 bits per heavy atom. The van der Waals surface area contributed by atoms with Crippen LogP contribution in [0.4, 0.5) is 0 Å². The number of hydrogen-bond donors (Lipinski definition) is 2. The Kier molecular flexibility index (Phi) is 36.3. The number of nitrogens with zero attached hydrogens (tertiary/aromatic N) is 9. The molecule has 0 aliphatic carbocycles. The summed E-state index contributed by atoms with van der Waals surface area (Å²) in [5.41, 5.74) is 31.7. The van der Waals surface area contributed by atoms with Crippen LogP contribution in [-0.4, -0.2) is 230 Å². The zero-order valence-electron chi connectivity index (χ0n) is 78.4. The van der Waals surface area contributed by atoms with E-state index in [0.29, 0.717) is 7.04 Å². The Balaban J connectivity index is 0.880. The van der Waals surface area contributed by atoms with Crippen molar-refractivity contribution >= 4 is 107 Å². The number of benzene rings is 8. The molecular formula is C97H123B4N9O19P2Si3. The van der Waals surface area contributed by atoms with Gasteiger partial charge in [-0.2, -0.15) is 0 Å². The zero-order valence-corrected chi connectivity index (χ0v) is 83.4. The van der Waals surface area contributed by atoms with Crippen LogP contribution in [0.5, 0.6) is 0 Å². The quantitative estimate of drug-likeness (QED) is 0.00902. The minimum atomic E-state index is -3.56. The standard InChI is InChI=1S/C97H123B4N9O19P2Si3/c1-61-76(58-117-132(95(6,7)8,68-43-27-17-28-44-68)69-45-29-18-30-46-69)123-93(81(107-110-104)88(61)130-100-98-114)126-83-63(3)85(125-90(113)67-41-25-16-26-42-67)94(122-74(83)55-111)127-82-62(2)79(105-108-102)92(124-77(82)59-118-133(96(9,10)11,70-47-31-19-32-48-70)71-49-33-20-34-50-71)128-86-75(56-112)121-91(64(4)84(86)116-57-66-39-23-15-24-40-66)129-87-78(120-65(5)80(106-109-103)89(87)131-101-99-115)60-119-134(97(12,13)14,72-51-35-21-36-52-72)73-53-37-22-38-54-73/h15-54,61-65,74-89,91-94,111-112,130-131H,55-60H2,1-14H3/t61-,62-,63+,64?,65-,74?,75?,76?,77?,78?,79?,80?,81?,82+,83+,84+,85?,86-,87-,88+,89-,91+,92+,93+,94+/m1/s1. The smallest absolute Gasteiger partial charge is 0.0622 e. The number of hydrogen-bond acceptors (Lipinski definition) is 22. The first kappa shape index (κ1) is 103. The van der Waals surface area contributed by atoms with E-state index < -0.39 is 211 Å². The van der Waals surface area contributed by atoms with Gasteiger partial charge >= 0.3 is 601 Å². The summed E-state index contributed by atoms with van der Waals surface area (Å²) in [6.07, 6.45) is -19.3. The molecule has 5 aliphatic heterocycles. The average molecular weight is 1910 g/mol. The van der Waals surface area contributed by atoms with Crippen LogP contribution in [-0.2, 0) is 81.4 Å². The summed E-state index contributed by atoms with van der Waals surface area (Å²) in [7, 11) is -9.10. The Labute approximate surface area is 795 Å². The third kappa shape index (κ3) is 22.7. The fraction of sp³-hybridized carbons (Fsp3) is 0.495. The van der Waals surface area contributed by atoms with Crippen molar-refractivity contribution in [2.75, 3.05) is 33.0 Å². The zero-order chi connectivity index (χ0) is 95.5. The molecule has 13 rings (SSSR count). The van der Waals surface area contributed by atoms with Crippen LogP contribution < -0.4 is 31.1 Å². The molecule has 28 nitrogen and oxygen atoms in total. The van der Waals surface area contributed by atoms with E-state index in [2.05, 4.69) is 165 Å². The minimum Gasteiger partial charge on any atom is -0.0622 e. The average Bonchev–Trinajstić information content (AvgIpc) is 0.746. The molecule has 0 bridgehead atoms. The van der Waals surface area contributed by atoms with Gasteiger partial charge in [0.2, 0.25) is 0 Å². The third-order valence-corrected chi connectivity index (χ3v) is 45.0. The van der Waals surface area contributed by atoms with Crippen molar-refractivity contribution in [2.24, 2.45) is 39.0 Å². The molecule has 8 aromatic carbocycles. The summed E-state index contributed by atoms with van der Waals surface area (Å²) in [6, 6.07) is 75.5. The van der Waals surface area contributed by atoms with Gasteiger partial charge in [0.05, 0.1) is 6.61 Å². The Morgan fingerprint density at radius 1 is 0.381 bits per heavy atom. The van der Waals surface area contributed by atoms with Crippen molar-refractivity contribution in [3.63, 3.8) is 0 Å². The Bertz CT molecular complexity index is 5110. The van der Waals surface area contributed by atoms with E-state index in [1.807, 2.05) is 167 Å². The second-order valence-corrected chi connectivity index (χ2v) is 53.8. The Hall–Kier alpha value is -8.07. The molecule has 2 N–H and O–H groups in total. The molecule has 8 aromatic rings. The summed E-state index contributed by atoms with van der Waals surface area (Å²) in [5, 5.41) is 41.9. The van der Waals surface area contributed by atoms with Crippen molar-refractivity contribution in [3.05, 3.63) is 285 Å². The number of ether oxygens (including phenoxy) is 11. The first-order valence-corrected chi connectivity index (χ1v) is 54.1. The monoisotopic (exact) mass is 1910 g/mol. The predicted molar refractivity (Wildman–Crippen MR) is 528 cm³/mol. The molecule has 37 heteroatoms. The summed E-state index contributed by atoms with van der Waals surface area (Å²) >= 11 is 0. The SMILES string of the molecule is CC1[C@H](O[C@@H]2C(CO[Si](c3ccccc3)(c3ccccc3)C(C)(C)C)O[C@H](C)C(N=[N+]=[N-])[C@H]2P[B]B=O)OC(CO)[C@@H](O[C@@H]2OC(CO[Si](c3ccccc3)(c3ccccc3)C(C)(C)C)[C@@H](O[C@@H]3OC(CO)[C@@H](O[C@@H]4OC(CO[Si](c5ccccc5)(c5ccccc5)C(C)(C)C)[C@@H](C)[C@H](P[B]B=O)C4N=[N+]=[N-])[C@H](C)C3OC(=O)c3ccccc3)[C@H](C)C2N=[N+]=[N-])[C@H]1OCc1ccccc1. The van der Waals surface area contributed by atoms with Gasteiger partial charge in [0, 0.05) is 4.91 Å². The number of aliphatic hydroxyl groups is 2. The van der Waals surface area contributed by atoms with Gasteiger partial charge < -0.3 is 4.43 Å². The van der Waals surface area contributed by atoms with Gasteiger partial charge in [-0.1, -0.05) is 130 Å². The van der Waals surface area contributed by atoms with Crippen molar-refractivity contribution in [1.29, 1.82) is 0 Å². The topological polar surface area (TPSA) is 367 Å². The first-order chi connectivity index (χ1) is 64.6. The molecule has 2 radical (unpaired) electrons. The molecule has 704 valence electrons. The van der Waals surface area contributed by atoms with E-state index in [1.165, 1.54) is 13.8 Å². The number of esters is 1. The van der Waals surface area contributed by atoms with Crippen molar-refractivity contribution in [3.8, 4) is 0 Å². The van der Waals surface area contributed by atoms with Gasteiger partial charge in [0.25, 0.3) is 8.32 Å². The molecule has 27 atom stereocenters. The Morgan fingerprint density at radius 2 is 0.724 bits per heavy atom. The number of azide groups is 3. The van der Waals surface area contributed by atoms with E-state index in [0.717, 1.165) is 43.7 Å². The summed E-state index contributed by atoms with van der Waals surface area (Å²) in [4.78, 5) is 25.3. The van der Waals surface area contributed by atoms with Gasteiger partial charge in [-0.15, -0.1) is 0 Å². The van der Waals surface area contributed by atoms with Crippen LogP contribution in [0, 0.1) is 23.7 Å². The van der Waals surface area contributed by atoms with Crippen LogP contribution >= 0.6 is 16.9 Å². The van der Waals surface area contributed by atoms with E-state index >= 15 is 4.79 Å². The van der Waals surface area contributed by atoms with Crippen molar-refractivity contribution in [2.45, 2.75) is 247 Å². The molecule has 5 heterocycles. The molecule has 134 heavy (non-hydrogen) atoms. The number of rotatable bonds is 39. The van der Waals surface area contributed by atoms with Gasteiger partial charge in [0.15, 0.2) is 0 Å². The summed E-state index contributed by atoms with van der Waals surface area (Å²) < 4.78 is 128. The van der Waals surface area contributed by atoms with Crippen LogP contribution in [0.1, 0.15) is 113 Å². The molecule has 5 aliphatic rings. The van der Waals surface area contributed by atoms with E-state index in [-0.39, 0.29) is 48.9 Å². The molecule has 0 saturated carbocycles. The normalized spacial score (nSPS) is 29.4. The first-order valence-electron chi connectivity index (χ1n) is 46.0. The van der Waals surface area contributed by atoms with Crippen LogP contribution in [0.3, 0.4) is 0 Å². The molecular weight excluding hydrogens is 1780 g/mol. The number of carbonyl (C=O) groups is 1. The van der Waals surface area contributed by atoms with Crippen molar-refractivity contribution in [1.82, 2.24) is 0 Å². The predicted octanol–water partition coefficient (Wildman–Crippen LogP) is 13.6. The molecule has 12 unspecified atom stereocenters. The molecule has 5 saturated heterocycles. The number of aliphatic hydroxyl groups excluding tert-OH is 2. The molecule has 5 fully saturated rings. The van der Waals surface area contributed by atoms with Crippen LogP contribution in [0.25, 0.3) is 31.3 Å². The van der Waals surface area contributed by atoms with Gasteiger partial charge in [-0.05, 0) is 39.0 Å². The molecule has 0 spiro atoms. The number of carbonyl (C=O) groups excluding carboxylic acids is 1. The third-order valence-electron chi connectivity index (χ3n) is 27.0. The van der Waals surface area contributed by atoms with E-state index in [1.54, 1.807) is 37.3 Å².